The molecule has 1 N–H and O–H groups in total. The van der Waals surface area contributed by atoms with Crippen LogP contribution in [0.5, 0.6) is 0 Å². The first-order valence-electron chi connectivity index (χ1n) is 7.68. The van der Waals surface area contributed by atoms with Crippen molar-refractivity contribution in [1.29, 1.82) is 0 Å². The fourth-order valence-electron chi connectivity index (χ4n) is 2.63. The summed E-state index contributed by atoms with van der Waals surface area (Å²) < 4.78 is 2.02. The Morgan fingerprint density at radius 3 is 2.25 bits per heavy atom. The molecule has 0 aliphatic heterocycles. The minimum absolute atomic E-state index is 0.108. The molecule has 4 heteroatoms. The topological polar surface area (TPSA) is 33.2 Å². The Labute approximate surface area is 143 Å². The predicted molar refractivity (Wildman–Crippen MR) is 97.3 cm³/mol. The third-order valence-corrected chi connectivity index (χ3v) is 4.96. The van der Waals surface area contributed by atoms with Crippen LogP contribution in [0.15, 0.2) is 85.1 Å². The molecular weight excluding hydrogens is 316 g/mol. The van der Waals surface area contributed by atoms with E-state index in [2.05, 4.69) is 23.5 Å². The number of nitrogens with zero attached hydrogens (tertiary/aromatic N) is 1. The van der Waals surface area contributed by atoms with E-state index in [9.17, 15) is 4.79 Å². The van der Waals surface area contributed by atoms with Crippen LogP contribution in [0.4, 0.5) is 5.82 Å². The first-order valence-corrected chi connectivity index (χ1v) is 8.49. The van der Waals surface area contributed by atoms with Gasteiger partial charge < -0.3 is 0 Å². The molecule has 1 amide bonds. The Bertz CT molecular complexity index is 994. The highest BCUT2D eigenvalue weighted by atomic mass is 32.1. The largest absolute Gasteiger partial charge is 0.339 e. The summed E-state index contributed by atoms with van der Waals surface area (Å²) in [6, 6.07) is 25.4. The Hall–Kier alpha value is -2.98. The molecule has 2 heterocycles. The van der Waals surface area contributed by atoms with Gasteiger partial charge in [-0.25, -0.2) is 10.1 Å². The van der Waals surface area contributed by atoms with Gasteiger partial charge in [0.1, 0.15) is 4.88 Å². The standard InChI is InChI=1S/C20H14N2OS/c23-20(16-11-5-2-6-12-16)21-19-18(15-9-3-1-4-10-15)24-17-13-7-8-14-22(17)19/h1-14H/p+1. The summed E-state index contributed by atoms with van der Waals surface area (Å²) in [4.78, 5) is 14.7. The first-order chi connectivity index (χ1) is 11.8. The maximum Gasteiger partial charge on any atom is 0.339 e. The third kappa shape index (κ3) is 2.68. The van der Waals surface area contributed by atoms with Gasteiger partial charge in [0.2, 0.25) is 0 Å². The maximum absolute atomic E-state index is 12.6. The molecule has 0 saturated carbocycles. The van der Waals surface area contributed by atoms with Crippen LogP contribution >= 0.6 is 11.3 Å². The molecule has 0 atom stereocenters. The summed E-state index contributed by atoms with van der Waals surface area (Å²) in [6.45, 7) is 0. The lowest BCUT2D eigenvalue weighted by Gasteiger charge is -2.01. The summed E-state index contributed by atoms with van der Waals surface area (Å²) in [7, 11) is 0. The number of hydrogen-bond acceptors (Lipinski definition) is 2. The van der Waals surface area contributed by atoms with E-state index in [0.29, 0.717) is 5.56 Å². The Morgan fingerprint density at radius 2 is 1.50 bits per heavy atom. The number of rotatable bonds is 3. The van der Waals surface area contributed by atoms with Crippen molar-refractivity contribution in [2.24, 2.45) is 0 Å². The van der Waals surface area contributed by atoms with Crippen molar-refractivity contribution in [1.82, 2.24) is 0 Å². The highest BCUT2D eigenvalue weighted by molar-refractivity contribution is 7.20. The third-order valence-electron chi connectivity index (χ3n) is 3.79. The fraction of sp³-hybridized carbons (Fsp3) is 0. The Kier molecular flexibility index (Phi) is 3.81. The molecule has 2 aromatic heterocycles. The lowest BCUT2D eigenvalue weighted by molar-refractivity contribution is -0.490. The van der Waals surface area contributed by atoms with Crippen molar-refractivity contribution in [3.8, 4) is 10.4 Å². The van der Waals surface area contributed by atoms with E-state index in [4.69, 9.17) is 0 Å². The molecule has 116 valence electrons. The second-order valence-electron chi connectivity index (χ2n) is 5.37. The summed E-state index contributed by atoms with van der Waals surface area (Å²) in [5.41, 5.74) is 1.74. The first kappa shape index (κ1) is 14.6. The molecule has 24 heavy (non-hydrogen) atoms. The molecule has 0 bridgehead atoms. The average molecular weight is 331 g/mol. The van der Waals surface area contributed by atoms with E-state index in [1.54, 1.807) is 11.3 Å². The van der Waals surface area contributed by atoms with Crippen LogP contribution in [0.25, 0.3) is 15.3 Å². The van der Waals surface area contributed by atoms with Crippen molar-refractivity contribution >= 4 is 27.9 Å². The van der Waals surface area contributed by atoms with E-state index in [-0.39, 0.29) is 5.91 Å². The van der Waals surface area contributed by atoms with Crippen molar-refractivity contribution in [3.05, 3.63) is 90.6 Å². The molecule has 0 fully saturated rings. The second kappa shape index (κ2) is 6.26. The maximum atomic E-state index is 12.6. The van der Waals surface area contributed by atoms with Crippen LogP contribution in [0.1, 0.15) is 10.4 Å². The Balaban J connectivity index is 1.83. The van der Waals surface area contributed by atoms with Crippen molar-refractivity contribution in [2.75, 3.05) is 5.32 Å². The van der Waals surface area contributed by atoms with Crippen LogP contribution in [0.3, 0.4) is 0 Å². The highest BCUT2D eigenvalue weighted by Gasteiger charge is 2.24. The van der Waals surface area contributed by atoms with Gasteiger partial charge in [0, 0.05) is 5.56 Å². The molecule has 0 unspecified atom stereocenters. The smallest absolute Gasteiger partial charge is 0.241 e. The number of fused-ring (bicyclic) bond motifs is 1. The lowest BCUT2D eigenvalue weighted by atomic mass is 10.2. The quantitative estimate of drug-likeness (QED) is 0.554. The normalized spacial score (nSPS) is 10.7. The van der Waals surface area contributed by atoms with Gasteiger partial charge in [-0.05, 0) is 24.3 Å². The molecular formula is C20H15N2OS+. The molecule has 2 aromatic carbocycles. The molecule has 0 spiro atoms. The molecule has 3 nitrogen and oxygen atoms in total. The zero-order chi connectivity index (χ0) is 16.4. The second-order valence-corrected chi connectivity index (χ2v) is 6.41. The number of amides is 1. The van der Waals surface area contributed by atoms with Gasteiger partial charge in [0.15, 0.2) is 4.83 Å². The molecule has 0 saturated heterocycles. The van der Waals surface area contributed by atoms with Crippen LogP contribution in [0, 0.1) is 0 Å². The summed E-state index contributed by atoms with van der Waals surface area (Å²) in [5.74, 6) is 0.694. The average Bonchev–Trinajstić information content (AvgIpc) is 3.02. The van der Waals surface area contributed by atoms with Crippen molar-refractivity contribution < 1.29 is 9.20 Å². The van der Waals surface area contributed by atoms with Gasteiger partial charge >= 0.3 is 11.7 Å². The zero-order valence-corrected chi connectivity index (χ0v) is 13.7. The number of nitrogens with one attached hydrogen (secondary N) is 1. The van der Waals surface area contributed by atoms with Crippen LogP contribution in [-0.2, 0) is 0 Å². The van der Waals surface area contributed by atoms with Crippen molar-refractivity contribution in [3.63, 3.8) is 0 Å². The van der Waals surface area contributed by atoms with E-state index in [0.717, 1.165) is 21.1 Å². The minimum atomic E-state index is -0.108. The monoisotopic (exact) mass is 331 g/mol. The summed E-state index contributed by atoms with van der Waals surface area (Å²) in [6.07, 6.45) is 1.97. The number of carbonyl (C=O) groups is 1. The molecule has 0 radical (unpaired) electrons. The minimum Gasteiger partial charge on any atom is -0.241 e. The number of thiazole rings is 1. The number of anilines is 1. The fourth-order valence-corrected chi connectivity index (χ4v) is 3.74. The number of carbonyl (C=O) groups excluding carboxylic acids is 1. The van der Waals surface area contributed by atoms with E-state index >= 15 is 0 Å². The van der Waals surface area contributed by atoms with E-state index in [1.165, 1.54) is 0 Å². The number of pyridine rings is 1. The zero-order valence-electron chi connectivity index (χ0n) is 12.8. The van der Waals surface area contributed by atoms with Crippen molar-refractivity contribution in [2.45, 2.75) is 0 Å². The van der Waals surface area contributed by atoms with Crippen LogP contribution < -0.4 is 9.72 Å². The van der Waals surface area contributed by atoms with Gasteiger partial charge in [0.05, 0.1) is 11.8 Å². The molecule has 4 rings (SSSR count). The highest BCUT2D eigenvalue weighted by Crippen LogP contribution is 2.33. The van der Waals surface area contributed by atoms with E-state index in [1.807, 2.05) is 71.3 Å². The predicted octanol–water partition coefficient (Wildman–Crippen LogP) is 4.41. The Morgan fingerprint density at radius 1 is 0.833 bits per heavy atom. The molecule has 0 aliphatic carbocycles. The van der Waals surface area contributed by atoms with Gasteiger partial charge in [-0.15, -0.1) is 0 Å². The van der Waals surface area contributed by atoms with Crippen LogP contribution in [-0.4, -0.2) is 5.91 Å². The SMILES string of the molecule is O=C(Nc1c(-c2ccccc2)sc2cccc[n+]12)c1ccccc1. The van der Waals surface area contributed by atoms with Gasteiger partial charge in [-0.3, -0.25) is 0 Å². The van der Waals surface area contributed by atoms with Gasteiger partial charge in [-0.2, -0.15) is 4.40 Å². The van der Waals surface area contributed by atoms with E-state index < -0.39 is 0 Å². The van der Waals surface area contributed by atoms with Gasteiger partial charge in [-0.1, -0.05) is 65.9 Å². The number of benzene rings is 2. The van der Waals surface area contributed by atoms with Gasteiger partial charge in [0.25, 0.3) is 0 Å². The molecule has 0 aliphatic rings. The number of hydrogen-bond donors (Lipinski definition) is 1. The lowest BCUT2D eigenvalue weighted by Crippen LogP contribution is -2.26. The van der Waals surface area contributed by atoms with Crippen LogP contribution in [0.2, 0.25) is 0 Å². The summed E-state index contributed by atoms with van der Waals surface area (Å²) in [5, 5.41) is 3.08. The number of aromatic nitrogens is 1. The molecule has 4 aromatic rings. The summed E-state index contributed by atoms with van der Waals surface area (Å²) >= 11 is 1.66.